The van der Waals surface area contributed by atoms with E-state index < -0.39 is 16.1 Å². The van der Waals surface area contributed by atoms with Gasteiger partial charge < -0.3 is 10.2 Å². The maximum absolute atomic E-state index is 13.9. The fourth-order valence-corrected chi connectivity index (χ4v) is 6.09. The van der Waals surface area contributed by atoms with E-state index in [0.29, 0.717) is 39.3 Å². The number of nitrogens with zero attached hydrogens (tertiary/aromatic N) is 2. The minimum absolute atomic E-state index is 0.0132. The van der Waals surface area contributed by atoms with Gasteiger partial charge in [0.15, 0.2) is 0 Å². The molecule has 0 bridgehead atoms. The first-order valence-corrected chi connectivity index (χ1v) is 16.7. The first kappa shape index (κ1) is 33.7. The number of hydrogen-bond acceptors (Lipinski definition) is 4. The van der Waals surface area contributed by atoms with Crippen molar-refractivity contribution < 1.29 is 18.0 Å². The summed E-state index contributed by atoms with van der Waals surface area (Å²) < 4.78 is 26.7. The number of carbonyl (C=O) groups is 2. The highest BCUT2D eigenvalue weighted by Gasteiger charge is 2.30. The van der Waals surface area contributed by atoms with Gasteiger partial charge in [-0.2, -0.15) is 0 Å². The average Bonchev–Trinajstić information content (AvgIpc) is 2.94. The van der Waals surface area contributed by atoms with E-state index in [9.17, 15) is 18.0 Å². The van der Waals surface area contributed by atoms with E-state index in [0.717, 1.165) is 23.8 Å². The van der Waals surface area contributed by atoms with E-state index in [1.165, 1.54) is 4.31 Å². The minimum atomic E-state index is -3.66. The van der Waals surface area contributed by atoms with Crippen LogP contribution >= 0.6 is 34.8 Å². The second-order valence-electron chi connectivity index (χ2n) is 10.1. The molecule has 0 heterocycles. The van der Waals surface area contributed by atoms with Crippen molar-refractivity contribution in [2.75, 3.05) is 23.7 Å². The number of sulfonamides is 1. The lowest BCUT2D eigenvalue weighted by atomic mass is 10.0. The first-order chi connectivity index (χ1) is 19.9. The minimum Gasteiger partial charge on any atom is -0.354 e. The van der Waals surface area contributed by atoms with Crippen molar-refractivity contribution in [1.29, 1.82) is 0 Å². The van der Waals surface area contributed by atoms with Crippen molar-refractivity contribution in [2.45, 2.75) is 52.1 Å². The molecule has 226 valence electrons. The summed E-state index contributed by atoms with van der Waals surface area (Å²) in [6, 6.07) is 18.9. The molecule has 42 heavy (non-hydrogen) atoms. The predicted octanol–water partition coefficient (Wildman–Crippen LogP) is 6.67. The smallest absolute Gasteiger partial charge is 0.243 e. The van der Waals surface area contributed by atoms with Gasteiger partial charge in [-0.1, -0.05) is 84.2 Å². The van der Waals surface area contributed by atoms with Crippen LogP contribution in [0.15, 0.2) is 66.7 Å². The van der Waals surface area contributed by atoms with E-state index >= 15 is 0 Å². The molecule has 3 aromatic carbocycles. The van der Waals surface area contributed by atoms with Crippen LogP contribution in [0.2, 0.25) is 15.1 Å². The first-order valence-electron chi connectivity index (χ1n) is 13.7. The second kappa shape index (κ2) is 15.6. The number of halogens is 3. The number of amides is 2. The van der Waals surface area contributed by atoms with E-state index in [2.05, 4.69) is 5.32 Å². The van der Waals surface area contributed by atoms with Crippen molar-refractivity contribution in [3.63, 3.8) is 0 Å². The lowest BCUT2D eigenvalue weighted by Crippen LogP contribution is -2.50. The third-order valence-electron chi connectivity index (χ3n) is 6.75. The molecule has 0 unspecified atom stereocenters. The van der Waals surface area contributed by atoms with Gasteiger partial charge in [-0.25, -0.2) is 8.42 Å². The quantitative estimate of drug-likeness (QED) is 0.211. The van der Waals surface area contributed by atoms with Crippen molar-refractivity contribution in [2.24, 2.45) is 0 Å². The third kappa shape index (κ3) is 9.63. The third-order valence-corrected chi connectivity index (χ3v) is 8.90. The summed E-state index contributed by atoms with van der Waals surface area (Å²) in [4.78, 5) is 28.9. The van der Waals surface area contributed by atoms with Crippen molar-refractivity contribution in [3.8, 4) is 0 Å². The molecule has 2 amide bonds. The molecule has 0 saturated carbocycles. The highest BCUT2D eigenvalue weighted by Crippen LogP contribution is 2.28. The van der Waals surface area contributed by atoms with Gasteiger partial charge in [0.05, 0.1) is 22.0 Å². The second-order valence-corrected chi connectivity index (χ2v) is 13.3. The molecule has 0 fully saturated rings. The molecule has 0 aliphatic heterocycles. The Kier molecular flexibility index (Phi) is 12.5. The Morgan fingerprint density at radius 2 is 1.64 bits per heavy atom. The van der Waals surface area contributed by atoms with Gasteiger partial charge in [-0.05, 0) is 60.7 Å². The molecule has 0 aliphatic rings. The van der Waals surface area contributed by atoms with Crippen molar-refractivity contribution in [1.82, 2.24) is 10.2 Å². The van der Waals surface area contributed by atoms with Crippen LogP contribution in [0.1, 0.15) is 42.9 Å². The Labute approximate surface area is 263 Å². The number of nitrogens with one attached hydrogen (secondary N) is 1. The van der Waals surface area contributed by atoms with E-state index in [1.807, 2.05) is 37.3 Å². The van der Waals surface area contributed by atoms with Crippen LogP contribution in [0.4, 0.5) is 5.69 Å². The molecule has 0 spiro atoms. The molecule has 11 heteroatoms. The number of anilines is 1. The number of rotatable bonds is 14. The molecule has 0 aromatic heterocycles. The lowest BCUT2D eigenvalue weighted by molar-refractivity contribution is -0.141. The number of aryl methyl sites for hydroxylation is 1. The van der Waals surface area contributed by atoms with Gasteiger partial charge in [-0.15, -0.1) is 0 Å². The number of carbonyl (C=O) groups excluding carboxylic acids is 2. The Hall–Kier alpha value is -2.78. The highest BCUT2D eigenvalue weighted by molar-refractivity contribution is 7.92. The maximum atomic E-state index is 13.9. The van der Waals surface area contributed by atoms with Crippen LogP contribution in [0, 0.1) is 6.92 Å². The zero-order chi connectivity index (χ0) is 30.9. The van der Waals surface area contributed by atoms with Crippen LogP contribution in [0.25, 0.3) is 0 Å². The normalized spacial score (nSPS) is 12.0. The van der Waals surface area contributed by atoms with Crippen molar-refractivity contribution in [3.05, 3.63) is 98.5 Å². The topological polar surface area (TPSA) is 86.8 Å². The monoisotopic (exact) mass is 651 g/mol. The molecule has 3 aromatic rings. The molecule has 1 atom stereocenters. The Morgan fingerprint density at radius 3 is 2.29 bits per heavy atom. The van der Waals surface area contributed by atoms with E-state index in [1.54, 1.807) is 48.2 Å². The molecule has 3 rings (SSSR count). The largest absolute Gasteiger partial charge is 0.354 e. The number of benzene rings is 3. The standard InChI is InChI=1S/C31H36Cl3N3O4S/c1-4-16-35-31(39)29(19-23-9-6-5-7-10-23)36(21-24-13-15-26(33)27(34)18-24)30(38)11-8-17-37(42(3,40)41)28-20-25(32)14-12-22(28)2/h5-7,9-10,12-15,18,20,29H,4,8,11,16-17,19,21H2,1-3H3,(H,35,39)/t29-/m0/s1. The summed E-state index contributed by atoms with van der Waals surface area (Å²) in [7, 11) is -3.66. The van der Waals surface area contributed by atoms with Crippen LogP contribution in [0.5, 0.6) is 0 Å². The SMILES string of the molecule is CCCNC(=O)[C@H](Cc1ccccc1)N(Cc1ccc(Cl)c(Cl)c1)C(=O)CCCN(c1cc(Cl)ccc1C)S(C)(=O)=O. The fourth-order valence-electron chi connectivity index (χ4n) is 4.59. The van der Waals surface area contributed by atoms with Crippen LogP contribution in [-0.2, 0) is 32.6 Å². The highest BCUT2D eigenvalue weighted by atomic mass is 35.5. The Balaban J connectivity index is 1.91. The molecule has 0 aliphatic carbocycles. The Morgan fingerprint density at radius 1 is 0.929 bits per heavy atom. The van der Waals surface area contributed by atoms with Gasteiger partial charge in [0.1, 0.15) is 6.04 Å². The fraction of sp³-hybridized carbons (Fsp3) is 0.355. The van der Waals surface area contributed by atoms with Gasteiger partial charge >= 0.3 is 0 Å². The molecule has 1 N–H and O–H groups in total. The average molecular weight is 653 g/mol. The predicted molar refractivity (Wildman–Crippen MR) is 172 cm³/mol. The zero-order valence-electron chi connectivity index (χ0n) is 23.9. The molecular formula is C31H36Cl3N3O4S. The van der Waals surface area contributed by atoms with Crippen LogP contribution < -0.4 is 9.62 Å². The lowest BCUT2D eigenvalue weighted by Gasteiger charge is -2.32. The molecule has 0 radical (unpaired) electrons. The van der Waals surface area contributed by atoms with Crippen molar-refractivity contribution >= 4 is 62.3 Å². The van der Waals surface area contributed by atoms with Gasteiger partial charge in [0, 0.05) is 37.5 Å². The summed E-state index contributed by atoms with van der Waals surface area (Å²) >= 11 is 18.6. The molecule has 7 nitrogen and oxygen atoms in total. The maximum Gasteiger partial charge on any atom is 0.243 e. The number of hydrogen-bond donors (Lipinski definition) is 1. The summed E-state index contributed by atoms with van der Waals surface area (Å²) in [6.07, 6.45) is 2.42. The van der Waals surface area contributed by atoms with E-state index in [-0.39, 0.29) is 37.7 Å². The molecular weight excluding hydrogens is 617 g/mol. The van der Waals surface area contributed by atoms with E-state index in [4.69, 9.17) is 34.8 Å². The zero-order valence-corrected chi connectivity index (χ0v) is 27.0. The van der Waals surface area contributed by atoms with Crippen LogP contribution in [0.3, 0.4) is 0 Å². The van der Waals surface area contributed by atoms with Gasteiger partial charge in [0.2, 0.25) is 21.8 Å². The van der Waals surface area contributed by atoms with Gasteiger partial charge in [0.25, 0.3) is 0 Å². The van der Waals surface area contributed by atoms with Gasteiger partial charge in [-0.3, -0.25) is 13.9 Å². The van der Waals surface area contributed by atoms with Crippen LogP contribution in [-0.4, -0.2) is 50.5 Å². The Bertz CT molecular complexity index is 1490. The summed E-state index contributed by atoms with van der Waals surface area (Å²) in [5, 5.41) is 4.08. The molecule has 0 saturated heterocycles. The summed E-state index contributed by atoms with van der Waals surface area (Å²) in [5.41, 5.74) is 2.83. The summed E-state index contributed by atoms with van der Waals surface area (Å²) in [5.74, 6) is -0.550. The summed E-state index contributed by atoms with van der Waals surface area (Å²) in [6.45, 7) is 4.42.